The summed E-state index contributed by atoms with van der Waals surface area (Å²) < 4.78 is 4.75. The maximum Gasteiger partial charge on any atom is 0.307 e. The molecule has 3 atom stereocenters. The first-order valence-electron chi connectivity index (χ1n) is 9.15. The van der Waals surface area contributed by atoms with Gasteiger partial charge in [-0.3, -0.25) is 14.4 Å². The second-order valence-corrected chi connectivity index (χ2v) is 6.68. The fraction of sp³-hybridized carbons (Fsp3) is 0.286. The molecule has 3 unspecified atom stereocenters. The van der Waals surface area contributed by atoms with E-state index in [1.807, 2.05) is 30.3 Å². The Bertz CT molecular complexity index is 888. The summed E-state index contributed by atoms with van der Waals surface area (Å²) in [6, 6.07) is 15.1. The molecule has 3 rings (SSSR count). The highest BCUT2D eigenvalue weighted by molar-refractivity contribution is 5.94. The predicted octanol–water partition coefficient (Wildman–Crippen LogP) is 2.13. The number of β-lactam (4-membered cyclic amide) rings is 1. The number of carbonyl (C=O) groups excluding carboxylic acids is 3. The Labute approximate surface area is 167 Å². The van der Waals surface area contributed by atoms with Gasteiger partial charge in [-0.25, -0.2) is 0 Å². The molecule has 8 heteroatoms. The molecule has 1 heterocycles. The van der Waals surface area contributed by atoms with E-state index in [4.69, 9.17) is 4.74 Å². The zero-order valence-corrected chi connectivity index (χ0v) is 15.9. The van der Waals surface area contributed by atoms with Gasteiger partial charge in [0.15, 0.2) is 6.04 Å². The molecular formula is C21H21N3O5. The second-order valence-electron chi connectivity index (χ2n) is 6.68. The van der Waals surface area contributed by atoms with Gasteiger partial charge in [0.1, 0.15) is 6.04 Å². The lowest BCUT2D eigenvalue weighted by atomic mass is 9.95. The van der Waals surface area contributed by atoms with E-state index < -0.39 is 30.0 Å². The van der Waals surface area contributed by atoms with Crippen molar-refractivity contribution < 1.29 is 19.1 Å². The van der Waals surface area contributed by atoms with Gasteiger partial charge in [0.2, 0.25) is 5.91 Å². The molecule has 0 radical (unpaired) electrons. The Morgan fingerprint density at radius 1 is 1.10 bits per heavy atom. The molecule has 8 nitrogen and oxygen atoms in total. The lowest BCUT2D eigenvalue weighted by Gasteiger charge is -2.43. The van der Waals surface area contributed by atoms with Crippen molar-refractivity contribution in [2.45, 2.75) is 24.5 Å². The summed E-state index contributed by atoms with van der Waals surface area (Å²) in [6.07, 6.45) is 0.00938. The van der Waals surface area contributed by atoms with Crippen molar-refractivity contribution in [3.8, 4) is 0 Å². The third-order valence-corrected chi connectivity index (χ3v) is 4.89. The quantitative estimate of drug-likeness (QED) is 0.419. The van der Waals surface area contributed by atoms with Crippen molar-refractivity contribution in [3.63, 3.8) is 0 Å². The van der Waals surface area contributed by atoms with E-state index in [1.54, 1.807) is 30.3 Å². The Morgan fingerprint density at radius 2 is 1.69 bits per heavy atom. The number of hydrogen-bond donors (Lipinski definition) is 1. The highest BCUT2D eigenvalue weighted by atomic mass is 16.5. The first-order chi connectivity index (χ1) is 14.0. The van der Waals surface area contributed by atoms with Crippen LogP contribution in [0.5, 0.6) is 0 Å². The van der Waals surface area contributed by atoms with Gasteiger partial charge in [0.25, 0.3) is 5.91 Å². The van der Waals surface area contributed by atoms with Gasteiger partial charge in [-0.2, -0.15) is 0 Å². The van der Waals surface area contributed by atoms with Crippen molar-refractivity contribution in [1.29, 1.82) is 0 Å². The van der Waals surface area contributed by atoms with Gasteiger partial charge in [-0.05, 0) is 11.1 Å². The number of hydrogen-bond acceptors (Lipinski definition) is 6. The van der Waals surface area contributed by atoms with Crippen LogP contribution in [0.3, 0.4) is 0 Å². The summed E-state index contributed by atoms with van der Waals surface area (Å²) in [6.45, 7) is 0.224. The molecule has 0 aromatic heterocycles. The summed E-state index contributed by atoms with van der Waals surface area (Å²) >= 11 is 0. The average Bonchev–Trinajstić information content (AvgIpc) is 2.76. The zero-order valence-electron chi connectivity index (χ0n) is 15.9. The number of rotatable bonds is 8. The number of benzene rings is 2. The van der Waals surface area contributed by atoms with Gasteiger partial charge < -0.3 is 15.0 Å². The maximum absolute atomic E-state index is 12.7. The van der Waals surface area contributed by atoms with Crippen LogP contribution in [0.2, 0.25) is 0 Å². The van der Waals surface area contributed by atoms with E-state index in [0.717, 1.165) is 5.56 Å². The molecule has 0 spiro atoms. The van der Waals surface area contributed by atoms with Crippen LogP contribution < -0.4 is 5.32 Å². The summed E-state index contributed by atoms with van der Waals surface area (Å²) in [5.41, 5.74) is 1.25. The molecule has 0 bridgehead atoms. The number of nitroso groups, excluding NO2 is 1. The average molecular weight is 395 g/mol. The smallest absolute Gasteiger partial charge is 0.307 e. The minimum absolute atomic E-state index is 0.00938. The number of amides is 2. The third-order valence-electron chi connectivity index (χ3n) is 4.89. The van der Waals surface area contributed by atoms with Gasteiger partial charge >= 0.3 is 5.97 Å². The van der Waals surface area contributed by atoms with Crippen molar-refractivity contribution in [2.75, 3.05) is 13.7 Å². The van der Waals surface area contributed by atoms with Crippen LogP contribution in [0.1, 0.15) is 29.6 Å². The molecule has 0 saturated carbocycles. The van der Waals surface area contributed by atoms with Gasteiger partial charge in [-0.1, -0.05) is 65.8 Å². The molecule has 1 aliphatic rings. The summed E-state index contributed by atoms with van der Waals surface area (Å²) in [4.78, 5) is 49.6. The topological polar surface area (TPSA) is 105 Å². The number of nitrogens with zero attached hydrogens (tertiary/aromatic N) is 2. The highest BCUT2D eigenvalue weighted by Crippen LogP contribution is 2.30. The Morgan fingerprint density at radius 3 is 2.21 bits per heavy atom. The third kappa shape index (κ3) is 4.48. The number of carbonyl (C=O) groups is 3. The molecule has 2 aromatic rings. The lowest BCUT2D eigenvalue weighted by Crippen LogP contribution is -2.65. The molecule has 1 aliphatic heterocycles. The number of esters is 1. The van der Waals surface area contributed by atoms with E-state index in [9.17, 15) is 19.3 Å². The molecule has 1 saturated heterocycles. The van der Waals surface area contributed by atoms with Crippen LogP contribution in [-0.2, 0) is 19.1 Å². The Kier molecular flexibility index (Phi) is 6.33. The Hall–Kier alpha value is -3.55. The summed E-state index contributed by atoms with van der Waals surface area (Å²) in [7, 11) is 1.29. The first-order valence-corrected chi connectivity index (χ1v) is 9.15. The molecule has 0 aliphatic carbocycles. The molecule has 2 aromatic carbocycles. The zero-order chi connectivity index (χ0) is 20.8. The number of methoxy groups -OCH3 is 1. The van der Waals surface area contributed by atoms with Crippen LogP contribution in [0.4, 0.5) is 0 Å². The second kappa shape index (κ2) is 9.09. The van der Waals surface area contributed by atoms with Crippen molar-refractivity contribution in [3.05, 3.63) is 76.7 Å². The van der Waals surface area contributed by atoms with Gasteiger partial charge in [0, 0.05) is 0 Å². The molecule has 1 fully saturated rings. The van der Waals surface area contributed by atoms with E-state index in [-0.39, 0.29) is 18.9 Å². The van der Waals surface area contributed by atoms with Crippen molar-refractivity contribution >= 4 is 17.8 Å². The summed E-state index contributed by atoms with van der Waals surface area (Å²) in [5.74, 6) is -1.39. The maximum atomic E-state index is 12.7. The van der Waals surface area contributed by atoms with Crippen LogP contribution in [0, 0.1) is 4.91 Å². The highest BCUT2D eigenvalue weighted by Gasteiger charge is 2.43. The van der Waals surface area contributed by atoms with Crippen LogP contribution in [0.25, 0.3) is 0 Å². The van der Waals surface area contributed by atoms with E-state index in [1.165, 1.54) is 12.0 Å². The van der Waals surface area contributed by atoms with E-state index >= 15 is 0 Å². The summed E-state index contributed by atoms with van der Waals surface area (Å²) in [5, 5.41) is 5.48. The van der Waals surface area contributed by atoms with Crippen molar-refractivity contribution in [2.24, 2.45) is 5.18 Å². The van der Waals surface area contributed by atoms with Crippen molar-refractivity contribution in [1.82, 2.24) is 10.2 Å². The molecule has 1 N–H and O–H groups in total. The van der Waals surface area contributed by atoms with Crippen LogP contribution in [-0.4, -0.2) is 42.4 Å². The number of likely N-dealkylation sites (tertiary alicyclic amines) is 1. The Balaban J connectivity index is 1.68. The largest absolute Gasteiger partial charge is 0.469 e. The van der Waals surface area contributed by atoms with E-state index in [0.29, 0.717) is 5.56 Å². The SMILES string of the molecule is COC(=O)CC(c1ccccc1)N1CC(NC(=O)C(N=O)c2ccccc2)C1=O. The standard InChI is InChI=1S/C21H21N3O5/c1-29-18(25)12-17(14-8-4-2-5-9-14)24-13-16(21(24)27)22-20(26)19(23-28)15-10-6-3-7-11-15/h2-11,16-17,19H,12-13H2,1H3,(H,22,26). The normalized spacial score (nSPS) is 17.6. The number of ether oxygens (including phenoxy) is 1. The molecule has 150 valence electrons. The van der Waals surface area contributed by atoms with E-state index in [2.05, 4.69) is 10.5 Å². The number of nitrogens with one attached hydrogen (secondary N) is 1. The monoisotopic (exact) mass is 395 g/mol. The first kappa shape index (κ1) is 20.2. The minimum Gasteiger partial charge on any atom is -0.469 e. The lowest BCUT2D eigenvalue weighted by molar-refractivity contribution is -0.153. The van der Waals surface area contributed by atoms with Crippen LogP contribution >= 0.6 is 0 Å². The van der Waals surface area contributed by atoms with Gasteiger partial charge in [0.05, 0.1) is 26.1 Å². The van der Waals surface area contributed by atoms with Crippen LogP contribution in [0.15, 0.2) is 65.8 Å². The fourth-order valence-electron chi connectivity index (χ4n) is 3.31. The fourth-order valence-corrected chi connectivity index (χ4v) is 3.31. The van der Waals surface area contributed by atoms with Gasteiger partial charge in [-0.15, -0.1) is 4.91 Å². The molecule has 2 amide bonds. The molecule has 29 heavy (non-hydrogen) atoms. The predicted molar refractivity (Wildman–Crippen MR) is 104 cm³/mol. The minimum atomic E-state index is -1.22. The molecular weight excluding hydrogens is 374 g/mol.